The van der Waals surface area contributed by atoms with Crippen LogP contribution in [-0.2, 0) is 0 Å². The highest BCUT2D eigenvalue weighted by atomic mass is 19.1. The molecule has 1 fully saturated rings. The summed E-state index contributed by atoms with van der Waals surface area (Å²) in [6.45, 7) is 3.54. The zero-order chi connectivity index (χ0) is 18.5. The fourth-order valence-corrected chi connectivity index (χ4v) is 3.02. The first kappa shape index (κ1) is 18.0. The summed E-state index contributed by atoms with van der Waals surface area (Å²) in [4.78, 5) is 34.7. The van der Waals surface area contributed by atoms with E-state index < -0.39 is 0 Å². The highest BCUT2D eigenvalue weighted by Gasteiger charge is 2.25. The smallest absolute Gasteiger partial charge is 0.274 e. The summed E-state index contributed by atoms with van der Waals surface area (Å²) in [5.74, 6) is -0.567. The Morgan fingerprint density at radius 1 is 1.23 bits per heavy atom. The van der Waals surface area contributed by atoms with Crippen molar-refractivity contribution in [2.24, 2.45) is 5.92 Å². The number of hydrogen-bond donors (Lipinski definition) is 1. The first-order valence-corrected chi connectivity index (χ1v) is 8.64. The minimum atomic E-state index is -0.373. The number of rotatable bonds is 4. The molecule has 1 atom stereocenters. The van der Waals surface area contributed by atoms with E-state index in [9.17, 15) is 14.0 Å². The molecule has 26 heavy (non-hydrogen) atoms. The molecule has 136 valence electrons. The van der Waals surface area contributed by atoms with Crippen LogP contribution in [0.4, 0.5) is 4.39 Å². The number of amides is 2. The lowest BCUT2D eigenvalue weighted by molar-refractivity contribution is 0.0664. The van der Waals surface area contributed by atoms with E-state index >= 15 is 0 Å². The van der Waals surface area contributed by atoms with Gasteiger partial charge in [-0.15, -0.1) is 0 Å². The predicted molar refractivity (Wildman–Crippen MR) is 94.1 cm³/mol. The Hall–Kier alpha value is -2.83. The number of nitrogens with zero attached hydrogens (tertiary/aromatic N) is 3. The highest BCUT2D eigenvalue weighted by Crippen LogP contribution is 2.17. The van der Waals surface area contributed by atoms with Crippen molar-refractivity contribution in [3.8, 4) is 0 Å². The van der Waals surface area contributed by atoms with Crippen molar-refractivity contribution in [1.82, 2.24) is 20.2 Å². The molecule has 3 rings (SSSR count). The lowest BCUT2D eigenvalue weighted by Crippen LogP contribution is -2.44. The molecular weight excluding hydrogens is 335 g/mol. The Bertz CT molecular complexity index is 777. The zero-order valence-electron chi connectivity index (χ0n) is 14.6. The summed E-state index contributed by atoms with van der Waals surface area (Å²) in [5.41, 5.74) is 1.53. The number of aryl methyl sites for hydroxylation is 1. The van der Waals surface area contributed by atoms with Crippen LogP contribution in [0, 0.1) is 18.7 Å². The largest absolute Gasteiger partial charge is 0.352 e. The van der Waals surface area contributed by atoms with Crippen molar-refractivity contribution in [3.63, 3.8) is 0 Å². The van der Waals surface area contributed by atoms with E-state index in [1.165, 1.54) is 30.5 Å². The van der Waals surface area contributed by atoms with Crippen LogP contribution in [0.3, 0.4) is 0 Å². The maximum Gasteiger partial charge on any atom is 0.274 e. The van der Waals surface area contributed by atoms with Gasteiger partial charge in [-0.2, -0.15) is 0 Å². The SMILES string of the molecule is Cc1cnc(C(=O)N2CCCC(CNC(=O)c3ccc(F)cc3)C2)cn1. The molecule has 0 bridgehead atoms. The van der Waals surface area contributed by atoms with Crippen molar-refractivity contribution in [1.29, 1.82) is 0 Å². The van der Waals surface area contributed by atoms with E-state index in [-0.39, 0.29) is 23.5 Å². The summed E-state index contributed by atoms with van der Waals surface area (Å²) >= 11 is 0. The number of aromatic nitrogens is 2. The van der Waals surface area contributed by atoms with Crippen LogP contribution in [0.15, 0.2) is 36.7 Å². The van der Waals surface area contributed by atoms with Crippen LogP contribution in [0.2, 0.25) is 0 Å². The van der Waals surface area contributed by atoms with Crippen LogP contribution in [-0.4, -0.2) is 46.3 Å². The molecule has 1 aliphatic rings. The Balaban J connectivity index is 1.55. The molecule has 0 saturated carbocycles. The van der Waals surface area contributed by atoms with Gasteiger partial charge >= 0.3 is 0 Å². The van der Waals surface area contributed by atoms with Gasteiger partial charge in [0, 0.05) is 31.4 Å². The highest BCUT2D eigenvalue weighted by molar-refractivity contribution is 5.94. The quantitative estimate of drug-likeness (QED) is 0.911. The lowest BCUT2D eigenvalue weighted by atomic mass is 9.97. The Kier molecular flexibility index (Phi) is 5.55. The average molecular weight is 356 g/mol. The summed E-state index contributed by atoms with van der Waals surface area (Å²) in [6.07, 6.45) is 4.89. The molecule has 0 radical (unpaired) electrons. The molecule has 1 saturated heterocycles. The normalized spacial score (nSPS) is 17.0. The van der Waals surface area contributed by atoms with E-state index in [2.05, 4.69) is 15.3 Å². The summed E-state index contributed by atoms with van der Waals surface area (Å²) in [6, 6.07) is 5.44. The minimum absolute atomic E-state index is 0.132. The average Bonchev–Trinajstić information content (AvgIpc) is 2.67. The number of likely N-dealkylation sites (tertiary alicyclic amines) is 1. The Morgan fingerprint density at radius 2 is 2.00 bits per heavy atom. The Morgan fingerprint density at radius 3 is 2.69 bits per heavy atom. The third-order valence-corrected chi connectivity index (χ3v) is 4.46. The number of carbonyl (C=O) groups excluding carboxylic acids is 2. The fourth-order valence-electron chi connectivity index (χ4n) is 3.02. The first-order chi connectivity index (χ1) is 12.5. The van der Waals surface area contributed by atoms with Crippen LogP contribution < -0.4 is 5.32 Å². The third-order valence-electron chi connectivity index (χ3n) is 4.46. The van der Waals surface area contributed by atoms with Gasteiger partial charge in [0.1, 0.15) is 11.5 Å². The van der Waals surface area contributed by atoms with Crippen molar-refractivity contribution in [3.05, 3.63) is 59.4 Å². The van der Waals surface area contributed by atoms with Gasteiger partial charge in [0.25, 0.3) is 11.8 Å². The van der Waals surface area contributed by atoms with Crippen LogP contribution >= 0.6 is 0 Å². The Labute approximate surface area is 151 Å². The second-order valence-electron chi connectivity index (χ2n) is 6.52. The topological polar surface area (TPSA) is 75.2 Å². The number of carbonyl (C=O) groups is 2. The van der Waals surface area contributed by atoms with Crippen molar-refractivity contribution in [2.75, 3.05) is 19.6 Å². The number of hydrogen-bond acceptors (Lipinski definition) is 4. The maximum absolute atomic E-state index is 12.9. The molecule has 1 aromatic carbocycles. The number of benzene rings is 1. The fraction of sp³-hybridized carbons (Fsp3) is 0.368. The standard InChI is InChI=1S/C19H21FN4O2/c1-13-9-22-17(11-21-13)19(26)24-8-2-3-14(12-24)10-23-18(25)15-4-6-16(20)7-5-15/h4-7,9,11,14H,2-3,8,10,12H2,1H3,(H,23,25). The van der Waals surface area contributed by atoms with Crippen molar-refractivity contribution in [2.45, 2.75) is 19.8 Å². The van der Waals surface area contributed by atoms with Crippen LogP contribution in [0.5, 0.6) is 0 Å². The van der Waals surface area contributed by atoms with Gasteiger partial charge in [0.05, 0.1) is 11.9 Å². The summed E-state index contributed by atoms with van der Waals surface area (Å²) < 4.78 is 12.9. The van der Waals surface area contributed by atoms with E-state index in [0.29, 0.717) is 30.9 Å². The molecular formula is C19H21FN4O2. The number of piperidine rings is 1. The van der Waals surface area contributed by atoms with Crippen LogP contribution in [0.25, 0.3) is 0 Å². The molecule has 0 spiro atoms. The van der Waals surface area contributed by atoms with Gasteiger partial charge in [-0.05, 0) is 49.9 Å². The number of halogens is 1. The second-order valence-corrected chi connectivity index (χ2v) is 6.52. The van der Waals surface area contributed by atoms with Gasteiger partial charge in [-0.3, -0.25) is 14.6 Å². The van der Waals surface area contributed by atoms with E-state index in [0.717, 1.165) is 18.5 Å². The maximum atomic E-state index is 12.9. The number of nitrogens with one attached hydrogen (secondary N) is 1. The molecule has 1 aliphatic heterocycles. The predicted octanol–water partition coefficient (Wildman–Crippen LogP) is 2.21. The summed E-state index contributed by atoms with van der Waals surface area (Å²) in [7, 11) is 0. The molecule has 2 amide bonds. The zero-order valence-corrected chi connectivity index (χ0v) is 14.6. The molecule has 0 aliphatic carbocycles. The van der Waals surface area contributed by atoms with Gasteiger partial charge in [-0.1, -0.05) is 0 Å². The molecule has 1 N–H and O–H groups in total. The lowest BCUT2D eigenvalue weighted by Gasteiger charge is -2.32. The molecule has 1 unspecified atom stereocenters. The van der Waals surface area contributed by atoms with Gasteiger partial charge < -0.3 is 10.2 Å². The molecule has 6 nitrogen and oxygen atoms in total. The first-order valence-electron chi connectivity index (χ1n) is 8.64. The summed E-state index contributed by atoms with van der Waals surface area (Å²) in [5, 5.41) is 2.87. The van der Waals surface area contributed by atoms with Crippen molar-refractivity contribution < 1.29 is 14.0 Å². The minimum Gasteiger partial charge on any atom is -0.352 e. The van der Waals surface area contributed by atoms with E-state index in [4.69, 9.17) is 0 Å². The van der Waals surface area contributed by atoms with Gasteiger partial charge in [0.15, 0.2) is 0 Å². The third kappa shape index (κ3) is 4.41. The molecule has 2 heterocycles. The van der Waals surface area contributed by atoms with E-state index in [1.54, 1.807) is 11.1 Å². The van der Waals surface area contributed by atoms with Crippen molar-refractivity contribution >= 4 is 11.8 Å². The molecule has 2 aromatic rings. The molecule has 1 aromatic heterocycles. The molecule has 7 heteroatoms. The van der Waals surface area contributed by atoms with Gasteiger partial charge in [-0.25, -0.2) is 9.37 Å². The van der Waals surface area contributed by atoms with Crippen LogP contribution in [0.1, 0.15) is 39.4 Å². The van der Waals surface area contributed by atoms with E-state index in [1.807, 2.05) is 6.92 Å². The van der Waals surface area contributed by atoms with Gasteiger partial charge in [0.2, 0.25) is 0 Å². The monoisotopic (exact) mass is 356 g/mol. The second kappa shape index (κ2) is 8.03.